The number of piperidine rings is 1. The van der Waals surface area contributed by atoms with Crippen molar-refractivity contribution in [3.05, 3.63) is 0 Å². The van der Waals surface area contributed by atoms with Gasteiger partial charge in [-0.15, -0.1) is 0 Å². The van der Waals surface area contributed by atoms with E-state index in [0.29, 0.717) is 19.1 Å². The van der Waals surface area contributed by atoms with E-state index in [9.17, 15) is 9.59 Å². The third-order valence-corrected chi connectivity index (χ3v) is 5.86. The van der Waals surface area contributed by atoms with E-state index in [0.717, 1.165) is 37.5 Å². The summed E-state index contributed by atoms with van der Waals surface area (Å²) < 4.78 is 0. The Morgan fingerprint density at radius 1 is 0.958 bits per heavy atom. The highest BCUT2D eigenvalue weighted by Gasteiger charge is 2.33. The second-order valence-corrected chi connectivity index (χ2v) is 9.18. The highest BCUT2D eigenvalue weighted by atomic mass is 16.2. The summed E-state index contributed by atoms with van der Waals surface area (Å²) in [5.41, 5.74) is -0.329. The first-order chi connectivity index (χ1) is 11.2. The van der Waals surface area contributed by atoms with Crippen molar-refractivity contribution in [3.8, 4) is 0 Å². The van der Waals surface area contributed by atoms with E-state index in [4.69, 9.17) is 0 Å². The minimum Gasteiger partial charge on any atom is -0.353 e. The zero-order chi connectivity index (χ0) is 17.9. The van der Waals surface area contributed by atoms with Gasteiger partial charge in [-0.2, -0.15) is 0 Å². The Balaban J connectivity index is 1.75. The second kappa shape index (κ2) is 7.88. The summed E-state index contributed by atoms with van der Waals surface area (Å²) in [5.74, 6) is 2.08. The third kappa shape index (κ3) is 4.97. The second-order valence-electron chi connectivity index (χ2n) is 9.18. The minimum atomic E-state index is -0.329. The summed E-state index contributed by atoms with van der Waals surface area (Å²) >= 11 is 0. The average Bonchev–Trinajstić information content (AvgIpc) is 2.54. The molecule has 1 aliphatic carbocycles. The molecule has 2 amide bonds. The predicted molar refractivity (Wildman–Crippen MR) is 97.5 cm³/mol. The highest BCUT2D eigenvalue weighted by molar-refractivity contribution is 5.82. The first-order valence-electron chi connectivity index (χ1n) is 9.78. The Morgan fingerprint density at radius 2 is 1.50 bits per heavy atom. The van der Waals surface area contributed by atoms with E-state index >= 15 is 0 Å². The Hall–Kier alpha value is -1.06. The SMILES string of the molecule is CC(C)[C@H]1CC[C@H](NC(=O)C2CCN(C(=O)C(C)(C)C)CC2)CC1. The van der Waals surface area contributed by atoms with Gasteiger partial charge in [0.1, 0.15) is 0 Å². The smallest absolute Gasteiger partial charge is 0.227 e. The Morgan fingerprint density at radius 3 is 1.96 bits per heavy atom. The molecule has 0 aromatic carbocycles. The summed E-state index contributed by atoms with van der Waals surface area (Å²) in [4.78, 5) is 26.8. The van der Waals surface area contributed by atoms with Crippen LogP contribution in [-0.2, 0) is 9.59 Å². The van der Waals surface area contributed by atoms with E-state index in [-0.39, 0.29) is 23.1 Å². The van der Waals surface area contributed by atoms with E-state index in [2.05, 4.69) is 19.2 Å². The molecule has 0 aromatic rings. The van der Waals surface area contributed by atoms with Crippen LogP contribution >= 0.6 is 0 Å². The van der Waals surface area contributed by atoms with Crippen LogP contribution < -0.4 is 5.32 Å². The lowest BCUT2D eigenvalue weighted by Gasteiger charge is -2.36. The van der Waals surface area contributed by atoms with Gasteiger partial charge in [0.15, 0.2) is 0 Å². The number of amides is 2. The van der Waals surface area contributed by atoms with E-state index in [1.807, 2.05) is 25.7 Å². The maximum absolute atomic E-state index is 12.5. The van der Waals surface area contributed by atoms with Crippen molar-refractivity contribution >= 4 is 11.8 Å². The van der Waals surface area contributed by atoms with Crippen molar-refractivity contribution in [1.29, 1.82) is 0 Å². The molecule has 138 valence electrons. The van der Waals surface area contributed by atoms with Crippen LogP contribution in [0.2, 0.25) is 0 Å². The van der Waals surface area contributed by atoms with Gasteiger partial charge in [-0.3, -0.25) is 9.59 Å². The van der Waals surface area contributed by atoms with E-state index in [1.54, 1.807) is 0 Å². The van der Waals surface area contributed by atoms with Gasteiger partial charge >= 0.3 is 0 Å². The topological polar surface area (TPSA) is 49.4 Å². The van der Waals surface area contributed by atoms with Crippen LogP contribution in [-0.4, -0.2) is 35.8 Å². The summed E-state index contributed by atoms with van der Waals surface area (Å²) in [5, 5.41) is 3.28. The zero-order valence-corrected chi connectivity index (χ0v) is 16.2. The number of rotatable bonds is 3. The van der Waals surface area contributed by atoms with E-state index < -0.39 is 0 Å². The molecule has 0 spiro atoms. The van der Waals surface area contributed by atoms with Gasteiger partial charge in [-0.25, -0.2) is 0 Å². The molecule has 1 aliphatic heterocycles. The maximum atomic E-state index is 12.5. The van der Waals surface area contributed by atoms with Gasteiger partial charge < -0.3 is 10.2 Å². The van der Waals surface area contributed by atoms with Crippen LogP contribution in [0.1, 0.15) is 73.1 Å². The normalized spacial score (nSPS) is 26.5. The van der Waals surface area contributed by atoms with Crippen molar-refractivity contribution < 1.29 is 9.59 Å². The summed E-state index contributed by atoms with van der Waals surface area (Å²) in [6.07, 6.45) is 6.32. The monoisotopic (exact) mass is 336 g/mol. The molecule has 2 aliphatic rings. The van der Waals surface area contributed by atoms with Gasteiger partial charge in [0.05, 0.1) is 0 Å². The molecule has 2 rings (SSSR count). The molecule has 0 aromatic heterocycles. The number of nitrogens with zero attached hydrogens (tertiary/aromatic N) is 1. The Kier molecular flexibility index (Phi) is 6.33. The fourth-order valence-corrected chi connectivity index (χ4v) is 4.07. The molecule has 4 heteroatoms. The number of nitrogens with one attached hydrogen (secondary N) is 1. The largest absolute Gasteiger partial charge is 0.353 e. The first kappa shape index (κ1) is 19.3. The lowest BCUT2D eigenvalue weighted by atomic mass is 9.79. The van der Waals surface area contributed by atoms with Crippen LogP contribution in [0.3, 0.4) is 0 Å². The number of carbonyl (C=O) groups excluding carboxylic acids is 2. The third-order valence-electron chi connectivity index (χ3n) is 5.86. The molecular formula is C20H36N2O2. The van der Waals surface area contributed by atoms with Gasteiger partial charge in [0.2, 0.25) is 11.8 Å². The van der Waals surface area contributed by atoms with Gasteiger partial charge in [-0.05, 0) is 50.4 Å². The lowest BCUT2D eigenvalue weighted by Crippen LogP contribution is -2.48. The molecule has 24 heavy (non-hydrogen) atoms. The molecule has 1 saturated heterocycles. The quantitative estimate of drug-likeness (QED) is 0.856. The molecule has 0 bridgehead atoms. The number of hydrogen-bond acceptors (Lipinski definition) is 2. The van der Waals surface area contributed by atoms with Crippen molar-refractivity contribution in [2.45, 2.75) is 79.2 Å². The summed E-state index contributed by atoms with van der Waals surface area (Å²) in [7, 11) is 0. The molecule has 1 saturated carbocycles. The first-order valence-corrected chi connectivity index (χ1v) is 9.78. The van der Waals surface area contributed by atoms with Crippen molar-refractivity contribution in [3.63, 3.8) is 0 Å². The van der Waals surface area contributed by atoms with Crippen LogP contribution in [0.15, 0.2) is 0 Å². The molecule has 0 atom stereocenters. The van der Waals surface area contributed by atoms with Crippen LogP contribution in [0.25, 0.3) is 0 Å². The maximum Gasteiger partial charge on any atom is 0.227 e. The van der Waals surface area contributed by atoms with Crippen molar-refractivity contribution in [2.24, 2.45) is 23.2 Å². The molecule has 0 unspecified atom stereocenters. The number of likely N-dealkylation sites (tertiary alicyclic amines) is 1. The van der Waals surface area contributed by atoms with Crippen LogP contribution in [0.5, 0.6) is 0 Å². The molecule has 1 N–H and O–H groups in total. The number of hydrogen-bond donors (Lipinski definition) is 1. The minimum absolute atomic E-state index is 0.0804. The van der Waals surface area contributed by atoms with Crippen LogP contribution in [0.4, 0.5) is 0 Å². The summed E-state index contributed by atoms with van der Waals surface area (Å²) in [6.45, 7) is 11.9. The van der Waals surface area contributed by atoms with E-state index in [1.165, 1.54) is 12.8 Å². The standard InChI is InChI=1S/C20H36N2O2/c1-14(2)15-6-8-17(9-7-15)21-18(23)16-10-12-22(13-11-16)19(24)20(3,4)5/h14-17H,6-13H2,1-5H3,(H,21,23)/t15-,17-. The van der Waals surface area contributed by atoms with Crippen LogP contribution in [0, 0.1) is 23.2 Å². The Labute approximate surface area is 147 Å². The van der Waals surface area contributed by atoms with Crippen molar-refractivity contribution in [1.82, 2.24) is 10.2 Å². The Bertz CT molecular complexity index is 437. The zero-order valence-electron chi connectivity index (χ0n) is 16.2. The molecule has 1 heterocycles. The van der Waals surface area contributed by atoms with Gasteiger partial charge in [0, 0.05) is 30.5 Å². The van der Waals surface area contributed by atoms with Gasteiger partial charge in [0.25, 0.3) is 0 Å². The fraction of sp³-hybridized carbons (Fsp3) is 0.900. The number of carbonyl (C=O) groups is 2. The predicted octanol–water partition coefficient (Wildman–Crippen LogP) is 3.60. The fourth-order valence-electron chi connectivity index (χ4n) is 4.07. The van der Waals surface area contributed by atoms with Gasteiger partial charge in [-0.1, -0.05) is 34.6 Å². The highest BCUT2D eigenvalue weighted by Crippen LogP contribution is 2.30. The molecule has 0 radical (unpaired) electrons. The lowest BCUT2D eigenvalue weighted by molar-refractivity contribution is -0.142. The molecular weight excluding hydrogens is 300 g/mol. The molecule has 2 fully saturated rings. The summed E-state index contributed by atoms with van der Waals surface area (Å²) in [6, 6.07) is 0.363. The molecule has 4 nitrogen and oxygen atoms in total. The van der Waals surface area contributed by atoms with Crippen molar-refractivity contribution in [2.75, 3.05) is 13.1 Å². The average molecular weight is 337 g/mol.